The Kier molecular flexibility index (Phi) is 4.61. The molecule has 20 heavy (non-hydrogen) atoms. The molecule has 1 N–H and O–H groups in total. The molecule has 0 saturated heterocycles. The molecule has 1 atom stereocenters. The summed E-state index contributed by atoms with van der Waals surface area (Å²) in [7, 11) is 1.55. The lowest BCUT2D eigenvalue weighted by Gasteiger charge is -2.12. The van der Waals surface area contributed by atoms with Crippen molar-refractivity contribution in [3.63, 3.8) is 0 Å². The topological polar surface area (TPSA) is 64.6 Å². The van der Waals surface area contributed by atoms with Gasteiger partial charge in [-0.25, -0.2) is 4.79 Å². The van der Waals surface area contributed by atoms with Gasteiger partial charge >= 0.3 is 5.97 Å². The smallest absolute Gasteiger partial charge is 0.338 e. The summed E-state index contributed by atoms with van der Waals surface area (Å²) < 4.78 is 9.98. The molecule has 0 unspecified atom stereocenters. The van der Waals surface area contributed by atoms with Gasteiger partial charge in [0.1, 0.15) is 5.75 Å². The van der Waals surface area contributed by atoms with Crippen LogP contribution in [0.5, 0.6) is 5.75 Å². The molecular weight excluding hydrogens is 258 g/mol. The number of methoxy groups -OCH3 is 1. The van der Waals surface area contributed by atoms with E-state index >= 15 is 0 Å². The average molecular weight is 277 g/mol. The second-order valence-corrected chi connectivity index (χ2v) is 5.00. The number of carbonyl (C=O) groups excluding carboxylic acids is 2. The zero-order chi connectivity index (χ0) is 14.5. The predicted octanol–water partition coefficient (Wildman–Crippen LogP) is 1.77. The van der Waals surface area contributed by atoms with E-state index in [1.807, 2.05) is 6.92 Å². The second kappa shape index (κ2) is 6.41. The molecule has 0 radical (unpaired) electrons. The molecule has 0 spiro atoms. The number of rotatable bonds is 6. The first-order chi connectivity index (χ1) is 9.60. The molecule has 2 rings (SSSR count). The average Bonchev–Trinajstić information content (AvgIpc) is 3.29. The molecule has 108 valence electrons. The van der Waals surface area contributed by atoms with E-state index in [0.717, 1.165) is 12.8 Å². The van der Waals surface area contributed by atoms with Crippen LogP contribution in [0, 0.1) is 5.92 Å². The number of ether oxygens (including phenoxy) is 2. The summed E-state index contributed by atoms with van der Waals surface area (Å²) in [4.78, 5) is 23.4. The summed E-state index contributed by atoms with van der Waals surface area (Å²) in [6, 6.07) is 6.71. The Morgan fingerprint density at radius 3 is 2.50 bits per heavy atom. The highest BCUT2D eigenvalue weighted by molar-refractivity contribution is 5.91. The summed E-state index contributed by atoms with van der Waals surface area (Å²) in [5.74, 6) is 0.474. The van der Waals surface area contributed by atoms with Crippen molar-refractivity contribution in [2.45, 2.75) is 25.8 Å². The monoisotopic (exact) mass is 277 g/mol. The van der Waals surface area contributed by atoms with Crippen molar-refractivity contribution in [2.75, 3.05) is 13.7 Å². The maximum Gasteiger partial charge on any atom is 0.338 e. The van der Waals surface area contributed by atoms with Gasteiger partial charge in [-0.3, -0.25) is 4.79 Å². The van der Waals surface area contributed by atoms with Crippen molar-refractivity contribution in [3.8, 4) is 5.75 Å². The highest BCUT2D eigenvalue weighted by atomic mass is 16.5. The van der Waals surface area contributed by atoms with E-state index in [1.54, 1.807) is 31.4 Å². The van der Waals surface area contributed by atoms with Crippen molar-refractivity contribution in [1.29, 1.82) is 0 Å². The first-order valence-corrected chi connectivity index (χ1v) is 6.70. The van der Waals surface area contributed by atoms with E-state index in [-0.39, 0.29) is 18.6 Å². The van der Waals surface area contributed by atoms with Crippen molar-refractivity contribution in [1.82, 2.24) is 5.32 Å². The van der Waals surface area contributed by atoms with Gasteiger partial charge in [-0.05, 0) is 49.9 Å². The zero-order valence-electron chi connectivity index (χ0n) is 11.7. The van der Waals surface area contributed by atoms with Crippen LogP contribution in [0.3, 0.4) is 0 Å². The standard InChI is InChI=1S/C15H19NO4/c1-10(11-3-4-11)16-14(17)9-20-15(18)12-5-7-13(19-2)8-6-12/h5-8,10-11H,3-4,9H2,1-2H3,(H,16,17)/t10-/m1/s1. The molecule has 1 aromatic rings. The molecule has 1 saturated carbocycles. The molecule has 5 nitrogen and oxygen atoms in total. The van der Waals surface area contributed by atoms with Crippen LogP contribution in [0.2, 0.25) is 0 Å². The van der Waals surface area contributed by atoms with Crippen LogP contribution in [-0.4, -0.2) is 31.6 Å². The quantitative estimate of drug-likeness (QED) is 0.805. The molecule has 0 aromatic heterocycles. The maximum absolute atomic E-state index is 11.7. The number of amides is 1. The SMILES string of the molecule is COc1ccc(C(=O)OCC(=O)N[C@H](C)C2CC2)cc1. The number of carbonyl (C=O) groups is 2. The summed E-state index contributed by atoms with van der Waals surface area (Å²) >= 11 is 0. The summed E-state index contributed by atoms with van der Waals surface area (Å²) in [5, 5.41) is 2.83. The number of esters is 1. The van der Waals surface area contributed by atoms with E-state index in [1.165, 1.54) is 0 Å². The van der Waals surface area contributed by atoms with Crippen LogP contribution in [0.15, 0.2) is 24.3 Å². The van der Waals surface area contributed by atoms with Gasteiger partial charge in [-0.2, -0.15) is 0 Å². The van der Waals surface area contributed by atoms with Gasteiger partial charge in [-0.15, -0.1) is 0 Å². The van der Waals surface area contributed by atoms with Crippen molar-refractivity contribution in [2.24, 2.45) is 5.92 Å². The lowest BCUT2D eigenvalue weighted by molar-refractivity contribution is -0.124. The highest BCUT2D eigenvalue weighted by Crippen LogP contribution is 2.32. The fourth-order valence-electron chi connectivity index (χ4n) is 1.95. The van der Waals surface area contributed by atoms with Crippen molar-refractivity contribution in [3.05, 3.63) is 29.8 Å². The normalized spacial score (nSPS) is 15.3. The Morgan fingerprint density at radius 1 is 1.30 bits per heavy atom. The van der Waals surface area contributed by atoms with E-state index in [0.29, 0.717) is 17.2 Å². The molecule has 0 aliphatic heterocycles. The Labute approximate surface area is 118 Å². The molecular formula is C15H19NO4. The van der Waals surface area contributed by atoms with Crippen LogP contribution in [-0.2, 0) is 9.53 Å². The highest BCUT2D eigenvalue weighted by Gasteiger charge is 2.28. The third-order valence-corrected chi connectivity index (χ3v) is 3.38. The van der Waals surface area contributed by atoms with E-state index in [2.05, 4.69) is 5.32 Å². The van der Waals surface area contributed by atoms with E-state index < -0.39 is 5.97 Å². The van der Waals surface area contributed by atoms with E-state index in [9.17, 15) is 9.59 Å². The van der Waals surface area contributed by atoms with Crippen LogP contribution in [0.1, 0.15) is 30.1 Å². The lowest BCUT2D eigenvalue weighted by Crippen LogP contribution is -2.37. The molecule has 5 heteroatoms. The summed E-state index contributed by atoms with van der Waals surface area (Å²) in [6.45, 7) is 1.72. The number of benzene rings is 1. The summed E-state index contributed by atoms with van der Waals surface area (Å²) in [5.41, 5.74) is 0.397. The first kappa shape index (κ1) is 14.4. The molecule has 1 amide bonds. The fraction of sp³-hybridized carbons (Fsp3) is 0.467. The van der Waals surface area contributed by atoms with Crippen molar-refractivity contribution >= 4 is 11.9 Å². The zero-order valence-corrected chi connectivity index (χ0v) is 11.7. The maximum atomic E-state index is 11.7. The molecule has 1 aromatic carbocycles. The Morgan fingerprint density at radius 2 is 1.95 bits per heavy atom. The number of hydrogen-bond acceptors (Lipinski definition) is 4. The molecule has 0 heterocycles. The minimum absolute atomic E-state index is 0.155. The van der Waals surface area contributed by atoms with Crippen LogP contribution < -0.4 is 10.1 Å². The van der Waals surface area contributed by atoms with E-state index in [4.69, 9.17) is 9.47 Å². The van der Waals surface area contributed by atoms with Crippen LogP contribution in [0.25, 0.3) is 0 Å². The molecule has 0 bridgehead atoms. The lowest BCUT2D eigenvalue weighted by atomic mass is 10.2. The second-order valence-electron chi connectivity index (χ2n) is 5.00. The third kappa shape index (κ3) is 3.98. The third-order valence-electron chi connectivity index (χ3n) is 3.38. The molecule has 1 fully saturated rings. The molecule has 1 aliphatic rings. The van der Waals surface area contributed by atoms with Crippen molar-refractivity contribution < 1.29 is 19.1 Å². The fourth-order valence-corrected chi connectivity index (χ4v) is 1.95. The number of hydrogen-bond donors (Lipinski definition) is 1. The van der Waals surface area contributed by atoms with Gasteiger partial charge in [0.2, 0.25) is 0 Å². The Balaban J connectivity index is 1.77. The Bertz CT molecular complexity index is 479. The van der Waals surface area contributed by atoms with Gasteiger partial charge in [0, 0.05) is 6.04 Å². The number of nitrogens with one attached hydrogen (secondary N) is 1. The minimum Gasteiger partial charge on any atom is -0.497 e. The van der Waals surface area contributed by atoms with Crippen LogP contribution >= 0.6 is 0 Å². The predicted molar refractivity (Wildman–Crippen MR) is 73.6 cm³/mol. The van der Waals surface area contributed by atoms with Crippen LogP contribution in [0.4, 0.5) is 0 Å². The molecule has 1 aliphatic carbocycles. The van der Waals surface area contributed by atoms with Gasteiger partial charge in [-0.1, -0.05) is 0 Å². The van der Waals surface area contributed by atoms with Gasteiger partial charge in [0.05, 0.1) is 12.7 Å². The summed E-state index contributed by atoms with van der Waals surface area (Å²) in [6.07, 6.45) is 2.32. The Hall–Kier alpha value is -2.04. The van der Waals surface area contributed by atoms with Gasteiger partial charge < -0.3 is 14.8 Å². The minimum atomic E-state index is -0.512. The first-order valence-electron chi connectivity index (χ1n) is 6.70. The van der Waals surface area contributed by atoms with Gasteiger partial charge in [0.25, 0.3) is 5.91 Å². The largest absolute Gasteiger partial charge is 0.497 e. The van der Waals surface area contributed by atoms with Gasteiger partial charge in [0.15, 0.2) is 6.61 Å².